The third-order valence-electron chi connectivity index (χ3n) is 5.23. The predicted molar refractivity (Wildman–Crippen MR) is 110 cm³/mol. The third-order valence-corrected chi connectivity index (χ3v) is 5.23. The number of nitrogens with one attached hydrogen (secondary N) is 1. The van der Waals surface area contributed by atoms with Crippen LogP contribution in [0.25, 0.3) is 0 Å². The lowest BCUT2D eigenvalue weighted by atomic mass is 9.99. The molecule has 6 nitrogen and oxygen atoms in total. The van der Waals surface area contributed by atoms with E-state index in [4.69, 9.17) is 0 Å². The SMILES string of the molecule is CCN(CC)c1ncccc1CNC(=O)CN1CC(c2ccccc2)CC1=O. The maximum Gasteiger partial charge on any atom is 0.239 e. The van der Waals surface area contributed by atoms with Gasteiger partial charge in [0.2, 0.25) is 11.8 Å². The number of amides is 2. The van der Waals surface area contributed by atoms with Gasteiger partial charge in [-0.05, 0) is 25.5 Å². The van der Waals surface area contributed by atoms with E-state index in [1.807, 2.05) is 42.5 Å². The maximum absolute atomic E-state index is 12.4. The van der Waals surface area contributed by atoms with Gasteiger partial charge in [-0.15, -0.1) is 0 Å². The summed E-state index contributed by atoms with van der Waals surface area (Å²) in [6, 6.07) is 13.9. The molecule has 0 spiro atoms. The Kier molecular flexibility index (Phi) is 6.63. The van der Waals surface area contributed by atoms with Crippen molar-refractivity contribution in [3.8, 4) is 0 Å². The van der Waals surface area contributed by atoms with Gasteiger partial charge in [0.15, 0.2) is 0 Å². The molecule has 2 amide bonds. The molecule has 0 saturated carbocycles. The number of aromatic nitrogens is 1. The van der Waals surface area contributed by atoms with Gasteiger partial charge >= 0.3 is 0 Å². The predicted octanol–water partition coefficient (Wildman–Crippen LogP) is 2.56. The van der Waals surface area contributed by atoms with Crippen LogP contribution in [0, 0.1) is 0 Å². The fourth-order valence-corrected chi connectivity index (χ4v) is 3.67. The van der Waals surface area contributed by atoms with E-state index in [9.17, 15) is 9.59 Å². The van der Waals surface area contributed by atoms with E-state index in [0.29, 0.717) is 19.5 Å². The third kappa shape index (κ3) is 4.68. The van der Waals surface area contributed by atoms with Gasteiger partial charge in [-0.3, -0.25) is 9.59 Å². The maximum atomic E-state index is 12.4. The molecule has 2 heterocycles. The highest BCUT2D eigenvalue weighted by molar-refractivity contribution is 5.86. The van der Waals surface area contributed by atoms with Crippen molar-refractivity contribution in [2.24, 2.45) is 0 Å². The second-order valence-corrected chi connectivity index (χ2v) is 7.02. The number of carbonyl (C=O) groups is 2. The molecule has 6 heteroatoms. The van der Waals surface area contributed by atoms with Gasteiger partial charge in [0, 0.05) is 50.3 Å². The summed E-state index contributed by atoms with van der Waals surface area (Å²) in [7, 11) is 0. The number of likely N-dealkylation sites (tertiary alicyclic amines) is 1. The van der Waals surface area contributed by atoms with Crippen molar-refractivity contribution in [2.75, 3.05) is 31.1 Å². The van der Waals surface area contributed by atoms with E-state index in [0.717, 1.165) is 30.0 Å². The Hall–Kier alpha value is -2.89. The first-order valence-corrected chi connectivity index (χ1v) is 9.90. The largest absolute Gasteiger partial charge is 0.357 e. The molecule has 1 unspecified atom stereocenters. The Labute approximate surface area is 166 Å². The first-order valence-electron chi connectivity index (χ1n) is 9.90. The first-order chi connectivity index (χ1) is 13.6. The van der Waals surface area contributed by atoms with E-state index >= 15 is 0 Å². The van der Waals surface area contributed by atoms with E-state index in [1.54, 1.807) is 11.1 Å². The van der Waals surface area contributed by atoms with Crippen LogP contribution in [0.2, 0.25) is 0 Å². The summed E-state index contributed by atoms with van der Waals surface area (Å²) in [5.41, 5.74) is 2.13. The number of benzene rings is 1. The van der Waals surface area contributed by atoms with Gasteiger partial charge in [-0.2, -0.15) is 0 Å². The molecule has 1 fully saturated rings. The lowest BCUT2D eigenvalue weighted by molar-refractivity contribution is -0.133. The van der Waals surface area contributed by atoms with Crippen LogP contribution in [0.4, 0.5) is 5.82 Å². The number of hydrogen-bond acceptors (Lipinski definition) is 4. The molecule has 1 aliphatic rings. The van der Waals surface area contributed by atoms with Crippen LogP contribution in [0.5, 0.6) is 0 Å². The molecule has 148 valence electrons. The lowest BCUT2D eigenvalue weighted by Gasteiger charge is -2.23. The number of carbonyl (C=O) groups excluding carboxylic acids is 2. The van der Waals surface area contributed by atoms with Crippen LogP contribution < -0.4 is 10.2 Å². The van der Waals surface area contributed by atoms with Crippen LogP contribution in [0.15, 0.2) is 48.7 Å². The minimum atomic E-state index is -0.142. The second-order valence-electron chi connectivity index (χ2n) is 7.02. The average molecular weight is 380 g/mol. The summed E-state index contributed by atoms with van der Waals surface area (Å²) in [6.45, 7) is 6.99. The minimum absolute atomic E-state index is 0.0363. The Balaban J connectivity index is 1.56. The Morgan fingerprint density at radius 3 is 2.64 bits per heavy atom. The van der Waals surface area contributed by atoms with Crippen LogP contribution in [-0.2, 0) is 16.1 Å². The molecule has 3 rings (SSSR count). The van der Waals surface area contributed by atoms with Crippen LogP contribution in [0.1, 0.15) is 37.3 Å². The fraction of sp³-hybridized carbons (Fsp3) is 0.409. The molecule has 0 radical (unpaired) electrons. The summed E-state index contributed by atoms with van der Waals surface area (Å²) >= 11 is 0. The quantitative estimate of drug-likeness (QED) is 0.764. The lowest BCUT2D eigenvalue weighted by Crippen LogP contribution is -2.38. The Morgan fingerprint density at radius 2 is 1.93 bits per heavy atom. The molecule has 28 heavy (non-hydrogen) atoms. The monoisotopic (exact) mass is 380 g/mol. The number of pyridine rings is 1. The highest BCUT2D eigenvalue weighted by atomic mass is 16.2. The summed E-state index contributed by atoms with van der Waals surface area (Å²) in [5, 5.41) is 2.94. The number of hydrogen-bond donors (Lipinski definition) is 1. The van der Waals surface area contributed by atoms with Crippen LogP contribution in [0.3, 0.4) is 0 Å². The zero-order valence-electron chi connectivity index (χ0n) is 16.6. The zero-order valence-corrected chi connectivity index (χ0v) is 16.6. The van der Waals surface area contributed by atoms with Crippen molar-refractivity contribution in [3.63, 3.8) is 0 Å². The van der Waals surface area contributed by atoms with Crippen LogP contribution in [-0.4, -0.2) is 47.9 Å². The van der Waals surface area contributed by atoms with Crippen molar-refractivity contribution >= 4 is 17.6 Å². The van der Waals surface area contributed by atoms with E-state index in [-0.39, 0.29) is 24.3 Å². The molecule has 1 aromatic carbocycles. The molecular formula is C22H28N4O2. The molecule has 0 bridgehead atoms. The van der Waals surface area contributed by atoms with Gasteiger partial charge in [-0.1, -0.05) is 36.4 Å². The van der Waals surface area contributed by atoms with E-state index in [2.05, 4.69) is 29.0 Å². The molecule has 1 aliphatic heterocycles. The van der Waals surface area contributed by atoms with Gasteiger partial charge in [-0.25, -0.2) is 4.98 Å². The topological polar surface area (TPSA) is 65.5 Å². The number of rotatable bonds is 8. The first kappa shape index (κ1) is 19.9. The fourth-order valence-electron chi connectivity index (χ4n) is 3.67. The molecule has 1 aromatic heterocycles. The van der Waals surface area contributed by atoms with Crippen molar-refractivity contribution < 1.29 is 9.59 Å². The van der Waals surface area contributed by atoms with Crippen LogP contribution >= 0.6 is 0 Å². The number of nitrogens with zero attached hydrogens (tertiary/aromatic N) is 3. The standard InChI is InChI=1S/C22H28N4O2/c1-3-25(4-2)22-18(11-8-12-23-22)14-24-20(27)16-26-15-19(13-21(26)28)17-9-6-5-7-10-17/h5-12,19H,3-4,13-16H2,1-2H3,(H,24,27). The summed E-state index contributed by atoms with van der Waals surface area (Å²) < 4.78 is 0. The molecule has 2 aromatic rings. The van der Waals surface area contributed by atoms with Gasteiger partial charge in [0.1, 0.15) is 5.82 Å². The molecule has 1 atom stereocenters. The average Bonchev–Trinajstić information content (AvgIpc) is 3.09. The zero-order chi connectivity index (χ0) is 19.9. The minimum Gasteiger partial charge on any atom is -0.357 e. The molecule has 1 saturated heterocycles. The smallest absolute Gasteiger partial charge is 0.239 e. The van der Waals surface area contributed by atoms with Crippen molar-refractivity contribution in [2.45, 2.75) is 32.7 Å². The highest BCUT2D eigenvalue weighted by Crippen LogP contribution is 2.27. The second kappa shape index (κ2) is 9.35. The van der Waals surface area contributed by atoms with E-state index < -0.39 is 0 Å². The Morgan fingerprint density at radius 1 is 1.18 bits per heavy atom. The van der Waals surface area contributed by atoms with Crippen molar-refractivity contribution in [1.29, 1.82) is 0 Å². The summed E-state index contributed by atoms with van der Waals surface area (Å²) in [4.78, 5) is 33.0. The molecular weight excluding hydrogens is 352 g/mol. The van der Waals surface area contributed by atoms with Gasteiger partial charge < -0.3 is 15.1 Å². The van der Waals surface area contributed by atoms with Crippen molar-refractivity contribution in [3.05, 3.63) is 59.8 Å². The molecule has 1 N–H and O–H groups in total. The number of anilines is 1. The highest BCUT2D eigenvalue weighted by Gasteiger charge is 2.31. The van der Waals surface area contributed by atoms with Crippen molar-refractivity contribution in [1.82, 2.24) is 15.2 Å². The Bertz CT molecular complexity index is 805. The molecule has 0 aliphatic carbocycles. The summed E-state index contributed by atoms with van der Waals surface area (Å²) in [5.74, 6) is 0.953. The normalized spacial score (nSPS) is 16.3. The van der Waals surface area contributed by atoms with Gasteiger partial charge in [0.05, 0.1) is 6.54 Å². The van der Waals surface area contributed by atoms with E-state index in [1.165, 1.54) is 0 Å². The van der Waals surface area contributed by atoms with Gasteiger partial charge in [0.25, 0.3) is 0 Å². The summed E-state index contributed by atoms with van der Waals surface area (Å²) in [6.07, 6.45) is 2.23.